The second kappa shape index (κ2) is 8.87. The highest BCUT2D eigenvalue weighted by atomic mass is 32.1. The molecule has 5 rings (SSSR count). The Kier molecular flexibility index (Phi) is 5.87. The molecule has 4 aromatic rings. The van der Waals surface area contributed by atoms with Crippen molar-refractivity contribution in [3.63, 3.8) is 0 Å². The Balaban J connectivity index is 1.30. The smallest absolute Gasteiger partial charge is 0.412 e. The van der Waals surface area contributed by atoms with Gasteiger partial charge in [0, 0.05) is 14.3 Å². The lowest BCUT2D eigenvalue weighted by Crippen LogP contribution is -2.17. The molecule has 1 unspecified atom stereocenters. The summed E-state index contributed by atoms with van der Waals surface area (Å²) in [6.45, 7) is 5.50. The molecule has 35 heavy (non-hydrogen) atoms. The van der Waals surface area contributed by atoms with Crippen LogP contribution in [0.2, 0.25) is 0 Å². The first-order chi connectivity index (χ1) is 16.8. The minimum absolute atomic E-state index is 0.239. The zero-order valence-electron chi connectivity index (χ0n) is 19.3. The summed E-state index contributed by atoms with van der Waals surface area (Å²) < 4.78 is 12.9. The average molecular weight is 507 g/mol. The number of benzene rings is 1. The lowest BCUT2D eigenvalue weighted by molar-refractivity contribution is -0.139. The van der Waals surface area contributed by atoms with Crippen molar-refractivity contribution in [2.24, 2.45) is 0 Å². The van der Waals surface area contributed by atoms with Crippen molar-refractivity contribution in [3.05, 3.63) is 68.7 Å². The number of hydrogen-bond donors (Lipinski definition) is 2. The first-order valence-electron chi connectivity index (χ1n) is 11.1. The zero-order chi connectivity index (χ0) is 24.7. The first kappa shape index (κ1) is 23.1. The molecule has 0 saturated heterocycles. The first-order valence-corrected chi connectivity index (χ1v) is 12.7. The Morgan fingerprint density at radius 1 is 1.17 bits per heavy atom. The van der Waals surface area contributed by atoms with Crippen molar-refractivity contribution in [2.75, 3.05) is 5.32 Å². The number of nitrogens with one attached hydrogen (secondary N) is 1. The van der Waals surface area contributed by atoms with Crippen LogP contribution < -0.4 is 5.32 Å². The molecule has 9 heteroatoms. The molecular weight excluding hydrogens is 484 g/mol. The van der Waals surface area contributed by atoms with E-state index in [1.54, 1.807) is 6.92 Å². The van der Waals surface area contributed by atoms with E-state index in [1.807, 2.05) is 50.2 Å². The van der Waals surface area contributed by atoms with E-state index < -0.39 is 23.6 Å². The van der Waals surface area contributed by atoms with Crippen molar-refractivity contribution in [1.29, 1.82) is 0 Å². The molecule has 0 radical (unpaired) electrons. The topological polar surface area (TPSA) is 102 Å². The van der Waals surface area contributed by atoms with Gasteiger partial charge in [-0.1, -0.05) is 29.4 Å². The van der Waals surface area contributed by atoms with Crippen LogP contribution in [-0.2, 0) is 14.9 Å². The highest BCUT2D eigenvalue weighted by molar-refractivity contribution is 7.28. The number of amides is 1. The number of fused-ring (bicyclic) bond motifs is 1. The molecule has 1 aromatic carbocycles. The third-order valence-electron chi connectivity index (χ3n) is 6.14. The Bertz CT molecular complexity index is 1480. The van der Waals surface area contributed by atoms with Gasteiger partial charge in [0.25, 0.3) is 0 Å². The molecule has 0 aliphatic heterocycles. The maximum Gasteiger partial charge on any atom is 0.412 e. The van der Waals surface area contributed by atoms with Crippen LogP contribution in [0.25, 0.3) is 9.40 Å². The fourth-order valence-electron chi connectivity index (χ4n) is 3.94. The van der Waals surface area contributed by atoms with E-state index in [0.29, 0.717) is 24.2 Å². The van der Waals surface area contributed by atoms with E-state index >= 15 is 0 Å². The van der Waals surface area contributed by atoms with Gasteiger partial charge in [0.2, 0.25) is 5.76 Å². The molecule has 1 saturated carbocycles. The van der Waals surface area contributed by atoms with Crippen LogP contribution in [0, 0.1) is 25.7 Å². The van der Waals surface area contributed by atoms with E-state index in [4.69, 9.17) is 9.26 Å². The Morgan fingerprint density at radius 2 is 1.91 bits per heavy atom. The van der Waals surface area contributed by atoms with Gasteiger partial charge in [0.05, 0.1) is 4.88 Å². The molecule has 0 bridgehead atoms. The lowest BCUT2D eigenvalue weighted by Gasteiger charge is -2.16. The number of rotatable bonds is 5. The molecular formula is C26H22N2O5S2. The number of carbonyl (C=O) groups is 2. The Hall–Kier alpha value is -3.61. The van der Waals surface area contributed by atoms with Gasteiger partial charge in [-0.25, -0.2) is 4.79 Å². The molecule has 1 aliphatic carbocycles. The number of hydrogen-bond acceptors (Lipinski definition) is 7. The molecule has 2 N–H and O–H groups in total. The summed E-state index contributed by atoms with van der Waals surface area (Å²) in [7, 11) is 0. The van der Waals surface area contributed by atoms with Crippen molar-refractivity contribution < 1.29 is 24.0 Å². The molecule has 3 heterocycles. The molecule has 1 fully saturated rings. The number of aliphatic carboxylic acids is 1. The second-order valence-electron chi connectivity index (χ2n) is 8.59. The average Bonchev–Trinajstić information content (AvgIpc) is 3.25. The van der Waals surface area contributed by atoms with Crippen LogP contribution in [0.15, 0.2) is 40.9 Å². The van der Waals surface area contributed by atoms with Gasteiger partial charge in [-0.3, -0.25) is 10.1 Å². The minimum Gasteiger partial charge on any atom is -0.481 e. The fraction of sp³-hybridized carbons (Fsp3) is 0.269. The van der Waals surface area contributed by atoms with Crippen LogP contribution in [0.5, 0.6) is 0 Å². The third kappa shape index (κ3) is 4.43. The van der Waals surface area contributed by atoms with E-state index in [9.17, 15) is 14.7 Å². The number of anilines is 1. The highest BCUT2D eigenvalue weighted by Crippen LogP contribution is 2.52. The number of ether oxygens (including phenoxy) is 1. The SMILES string of the molecule is Cc1ccccc1C(C)OC(=O)Nc1c(C)noc1C#Cc1cc2sc(C3(C(=O)O)CC3)cc2s1. The van der Waals surface area contributed by atoms with Gasteiger partial charge >= 0.3 is 12.1 Å². The fourth-order valence-corrected chi connectivity index (χ4v) is 6.43. The van der Waals surface area contributed by atoms with Crippen molar-refractivity contribution in [3.8, 4) is 11.8 Å². The van der Waals surface area contributed by atoms with Crippen LogP contribution in [0.4, 0.5) is 10.5 Å². The number of carboxylic acids is 1. The molecule has 3 aromatic heterocycles. The summed E-state index contributed by atoms with van der Waals surface area (Å²) in [6.07, 6.45) is 0.336. The summed E-state index contributed by atoms with van der Waals surface area (Å²) >= 11 is 3.01. The molecule has 1 amide bonds. The molecule has 1 atom stereocenters. The Labute approximate surface area is 209 Å². The van der Waals surface area contributed by atoms with Crippen LogP contribution >= 0.6 is 22.7 Å². The number of carboxylic acid groups (broad SMARTS) is 1. The summed E-state index contributed by atoms with van der Waals surface area (Å²) in [5.41, 5.74) is 2.14. The number of thiophene rings is 2. The molecule has 1 aliphatic rings. The summed E-state index contributed by atoms with van der Waals surface area (Å²) in [5, 5.41) is 16.2. The van der Waals surface area contributed by atoms with Crippen molar-refractivity contribution in [2.45, 2.75) is 45.1 Å². The summed E-state index contributed by atoms with van der Waals surface area (Å²) in [6, 6.07) is 11.7. The van der Waals surface area contributed by atoms with Crippen molar-refractivity contribution in [1.82, 2.24) is 5.16 Å². The zero-order valence-corrected chi connectivity index (χ0v) is 20.9. The van der Waals surface area contributed by atoms with Gasteiger partial charge in [0.15, 0.2) is 0 Å². The number of aryl methyl sites for hydroxylation is 2. The van der Waals surface area contributed by atoms with Gasteiger partial charge in [-0.05, 0) is 68.7 Å². The van der Waals surface area contributed by atoms with Crippen LogP contribution in [0.1, 0.15) is 58.2 Å². The van der Waals surface area contributed by atoms with E-state index in [-0.39, 0.29) is 5.76 Å². The predicted molar refractivity (Wildman–Crippen MR) is 135 cm³/mol. The third-order valence-corrected chi connectivity index (χ3v) is 8.55. The molecule has 0 spiro atoms. The van der Waals surface area contributed by atoms with Gasteiger partial charge in [-0.15, -0.1) is 22.7 Å². The van der Waals surface area contributed by atoms with E-state index in [2.05, 4.69) is 22.3 Å². The van der Waals surface area contributed by atoms with Gasteiger partial charge in [-0.2, -0.15) is 0 Å². The monoisotopic (exact) mass is 506 g/mol. The highest BCUT2D eigenvalue weighted by Gasteiger charge is 2.53. The van der Waals surface area contributed by atoms with Gasteiger partial charge < -0.3 is 14.4 Å². The quantitative estimate of drug-likeness (QED) is 0.304. The standard InChI is InChI=1S/C26H22N2O5S2/c1-14-6-4-5-7-18(14)16(3)32-25(31)27-23-15(2)28-33-19(23)9-8-17-12-20-21(34-17)13-22(35-20)26(10-11-26)24(29)30/h4-7,12-13,16H,10-11H2,1-3H3,(H,27,31)(H,29,30). The predicted octanol–water partition coefficient (Wildman–Crippen LogP) is 6.39. The number of nitrogens with zero attached hydrogens (tertiary/aromatic N) is 1. The maximum atomic E-state index is 12.5. The summed E-state index contributed by atoms with van der Waals surface area (Å²) in [4.78, 5) is 25.9. The van der Waals surface area contributed by atoms with E-state index in [0.717, 1.165) is 30.3 Å². The largest absolute Gasteiger partial charge is 0.481 e. The Morgan fingerprint density at radius 3 is 2.60 bits per heavy atom. The normalized spacial score (nSPS) is 14.7. The van der Waals surface area contributed by atoms with E-state index in [1.165, 1.54) is 22.7 Å². The number of carbonyl (C=O) groups excluding carboxylic acids is 1. The lowest BCUT2D eigenvalue weighted by atomic mass is 10.1. The minimum atomic E-state index is -0.751. The van der Waals surface area contributed by atoms with Crippen LogP contribution in [0.3, 0.4) is 0 Å². The van der Waals surface area contributed by atoms with Crippen molar-refractivity contribution >= 4 is 49.8 Å². The molecule has 178 valence electrons. The second-order valence-corrected chi connectivity index (χ2v) is 10.8. The van der Waals surface area contributed by atoms with Crippen LogP contribution in [-0.4, -0.2) is 22.3 Å². The summed E-state index contributed by atoms with van der Waals surface area (Å²) in [5.74, 6) is 5.50. The van der Waals surface area contributed by atoms with Gasteiger partial charge in [0.1, 0.15) is 22.9 Å². The number of aromatic nitrogens is 1. The maximum absolute atomic E-state index is 12.5. The molecule has 7 nitrogen and oxygen atoms in total.